The van der Waals surface area contributed by atoms with Crippen LogP contribution in [-0.2, 0) is 9.47 Å². The Hall–Kier alpha value is -0.400. The molecular weight excluding hydrogens is 298 g/mol. The number of ether oxygens (including phenoxy) is 2. The van der Waals surface area contributed by atoms with Gasteiger partial charge in [0.1, 0.15) is 36.6 Å². The summed E-state index contributed by atoms with van der Waals surface area (Å²) in [6, 6.07) is -1.38. The molecule has 0 aromatic rings. The lowest BCUT2D eigenvalue weighted by molar-refractivity contribution is -0.318. The molecule has 0 amide bonds. The molecule has 1 heterocycles. The third kappa shape index (κ3) is 3.26. The van der Waals surface area contributed by atoms with Crippen molar-refractivity contribution in [3.05, 3.63) is 0 Å². The minimum atomic E-state index is -1.55. The highest BCUT2D eigenvalue weighted by atomic mass is 16.7. The van der Waals surface area contributed by atoms with Crippen LogP contribution in [0.1, 0.15) is 6.42 Å². The van der Waals surface area contributed by atoms with Gasteiger partial charge < -0.3 is 52.2 Å². The first-order valence-electron chi connectivity index (χ1n) is 7.20. The van der Waals surface area contributed by atoms with Gasteiger partial charge in [-0.05, 0) is 6.42 Å². The van der Waals surface area contributed by atoms with Crippen molar-refractivity contribution in [2.24, 2.45) is 17.2 Å². The van der Waals surface area contributed by atoms with Gasteiger partial charge in [-0.3, -0.25) is 0 Å². The zero-order valence-electron chi connectivity index (χ0n) is 12.0. The van der Waals surface area contributed by atoms with E-state index < -0.39 is 61.1 Å². The second-order valence-corrected chi connectivity index (χ2v) is 5.90. The fraction of sp³-hybridized carbons (Fsp3) is 1.00. The quantitative estimate of drug-likeness (QED) is 0.248. The van der Waals surface area contributed by atoms with Gasteiger partial charge in [0.2, 0.25) is 0 Å². The molecule has 1 aliphatic heterocycles. The van der Waals surface area contributed by atoms with Gasteiger partial charge in [0, 0.05) is 18.6 Å². The van der Waals surface area contributed by atoms with E-state index in [2.05, 4.69) is 0 Å². The first-order chi connectivity index (χ1) is 10.3. The Kier molecular flexibility index (Phi) is 5.72. The van der Waals surface area contributed by atoms with Gasteiger partial charge >= 0.3 is 0 Å². The third-order valence-electron chi connectivity index (χ3n) is 4.28. The first-order valence-corrected chi connectivity index (χ1v) is 7.20. The highest BCUT2D eigenvalue weighted by Crippen LogP contribution is 2.27. The Labute approximate surface area is 127 Å². The molecule has 1 saturated carbocycles. The Morgan fingerprint density at radius 3 is 2.09 bits per heavy atom. The molecule has 0 unspecified atom stereocenters. The van der Waals surface area contributed by atoms with Gasteiger partial charge in [0.25, 0.3) is 0 Å². The van der Waals surface area contributed by atoms with Gasteiger partial charge in [-0.1, -0.05) is 0 Å². The summed E-state index contributed by atoms with van der Waals surface area (Å²) in [4.78, 5) is 0. The molecular formula is C12H25N3O7. The Morgan fingerprint density at radius 1 is 0.864 bits per heavy atom. The summed E-state index contributed by atoms with van der Waals surface area (Å²) < 4.78 is 10.8. The number of rotatable bonds is 3. The van der Waals surface area contributed by atoms with Crippen LogP contribution in [-0.4, -0.2) is 93.2 Å². The van der Waals surface area contributed by atoms with E-state index in [9.17, 15) is 25.5 Å². The highest BCUT2D eigenvalue weighted by Gasteiger charge is 2.48. The zero-order chi connectivity index (χ0) is 16.6. The molecule has 0 radical (unpaired) electrons. The zero-order valence-corrected chi connectivity index (χ0v) is 12.0. The van der Waals surface area contributed by atoms with E-state index in [-0.39, 0.29) is 13.0 Å². The molecule has 1 saturated heterocycles. The fourth-order valence-corrected chi connectivity index (χ4v) is 2.85. The maximum atomic E-state index is 10.0. The van der Waals surface area contributed by atoms with Crippen molar-refractivity contribution < 1.29 is 35.0 Å². The summed E-state index contributed by atoms with van der Waals surface area (Å²) in [6.45, 7) is -0.0996. The second kappa shape index (κ2) is 7.01. The molecule has 2 aliphatic rings. The Morgan fingerprint density at radius 2 is 1.50 bits per heavy atom. The SMILES string of the molecule is NC[C@H]1O[C@H](O[C@H]2[C@H](O)[C@@H](O)[C@H](N)C[C@@H]2N)[C@@H](O)[C@@H](O)[C@@H]1O. The number of aliphatic hydroxyl groups is 5. The molecule has 11 N–H and O–H groups in total. The predicted octanol–water partition coefficient (Wildman–Crippen LogP) is -5.08. The number of hydrogen-bond acceptors (Lipinski definition) is 10. The van der Waals surface area contributed by atoms with Gasteiger partial charge in [0.15, 0.2) is 6.29 Å². The van der Waals surface area contributed by atoms with Crippen molar-refractivity contribution in [3.8, 4) is 0 Å². The van der Waals surface area contributed by atoms with Gasteiger partial charge in [-0.25, -0.2) is 0 Å². The van der Waals surface area contributed by atoms with Crippen molar-refractivity contribution in [3.63, 3.8) is 0 Å². The van der Waals surface area contributed by atoms with E-state index in [1.165, 1.54) is 0 Å². The van der Waals surface area contributed by atoms with Crippen molar-refractivity contribution in [1.29, 1.82) is 0 Å². The molecule has 1 aliphatic carbocycles. The van der Waals surface area contributed by atoms with Crippen LogP contribution < -0.4 is 17.2 Å². The summed E-state index contributed by atoms with van der Waals surface area (Å²) in [5.41, 5.74) is 16.9. The molecule has 2 fully saturated rings. The van der Waals surface area contributed by atoms with Crippen LogP contribution in [0.3, 0.4) is 0 Å². The standard InChI is InChI=1S/C12H25N3O7/c13-2-5-7(17)8(18)10(20)12(21-5)22-11-4(15)1-3(14)6(16)9(11)19/h3-12,16-20H,1-2,13-15H2/t3-,4+,5-,6+,7-,8+,9-,10+,11-,12-/m1/s1. The smallest absolute Gasteiger partial charge is 0.187 e. The van der Waals surface area contributed by atoms with Crippen LogP contribution in [0, 0.1) is 0 Å². The van der Waals surface area contributed by atoms with E-state index in [1.807, 2.05) is 0 Å². The lowest BCUT2D eigenvalue weighted by atomic mass is 9.84. The minimum absolute atomic E-state index is 0.0996. The van der Waals surface area contributed by atoms with Crippen molar-refractivity contribution >= 4 is 0 Å². The summed E-state index contributed by atoms with van der Waals surface area (Å²) >= 11 is 0. The summed E-state index contributed by atoms with van der Waals surface area (Å²) in [5.74, 6) is 0. The number of hydrogen-bond donors (Lipinski definition) is 8. The monoisotopic (exact) mass is 323 g/mol. The largest absolute Gasteiger partial charge is 0.389 e. The predicted molar refractivity (Wildman–Crippen MR) is 73.2 cm³/mol. The van der Waals surface area contributed by atoms with E-state index in [0.29, 0.717) is 0 Å². The van der Waals surface area contributed by atoms with Gasteiger partial charge in [-0.2, -0.15) is 0 Å². The molecule has 10 atom stereocenters. The fourth-order valence-electron chi connectivity index (χ4n) is 2.85. The van der Waals surface area contributed by atoms with Crippen molar-refractivity contribution in [2.75, 3.05) is 6.54 Å². The molecule has 0 aromatic heterocycles. The molecule has 0 bridgehead atoms. The molecule has 0 spiro atoms. The second-order valence-electron chi connectivity index (χ2n) is 5.90. The normalized spacial score (nSPS) is 53.5. The summed E-state index contributed by atoms with van der Waals surface area (Å²) in [7, 11) is 0. The van der Waals surface area contributed by atoms with Crippen LogP contribution in [0.25, 0.3) is 0 Å². The average molecular weight is 323 g/mol. The topological polar surface area (TPSA) is 198 Å². The van der Waals surface area contributed by atoms with Crippen molar-refractivity contribution in [1.82, 2.24) is 0 Å². The van der Waals surface area contributed by atoms with E-state index >= 15 is 0 Å². The van der Waals surface area contributed by atoms with Crippen LogP contribution in [0.15, 0.2) is 0 Å². The maximum absolute atomic E-state index is 10.0. The highest BCUT2D eigenvalue weighted by molar-refractivity contribution is 4.99. The van der Waals surface area contributed by atoms with E-state index in [0.717, 1.165) is 0 Å². The molecule has 10 nitrogen and oxygen atoms in total. The minimum Gasteiger partial charge on any atom is -0.389 e. The number of nitrogens with two attached hydrogens (primary N) is 3. The van der Waals surface area contributed by atoms with Gasteiger partial charge in [-0.15, -0.1) is 0 Å². The Balaban J connectivity index is 2.08. The van der Waals surface area contributed by atoms with Crippen molar-refractivity contribution in [2.45, 2.75) is 67.5 Å². The van der Waals surface area contributed by atoms with Gasteiger partial charge in [0.05, 0.1) is 6.10 Å². The third-order valence-corrected chi connectivity index (χ3v) is 4.28. The van der Waals surface area contributed by atoms with Crippen LogP contribution in [0.4, 0.5) is 0 Å². The molecule has 22 heavy (non-hydrogen) atoms. The lowest BCUT2D eigenvalue weighted by Crippen LogP contribution is -2.65. The Bertz CT molecular complexity index is 375. The maximum Gasteiger partial charge on any atom is 0.187 e. The first kappa shape index (κ1) is 17.9. The van der Waals surface area contributed by atoms with Crippen LogP contribution in [0.5, 0.6) is 0 Å². The molecule has 2 rings (SSSR count). The van der Waals surface area contributed by atoms with E-state index in [4.69, 9.17) is 26.7 Å². The molecule has 10 heteroatoms. The average Bonchev–Trinajstić information content (AvgIpc) is 2.49. The van der Waals surface area contributed by atoms with Crippen LogP contribution >= 0.6 is 0 Å². The molecule has 0 aromatic carbocycles. The van der Waals surface area contributed by atoms with Crippen LogP contribution in [0.2, 0.25) is 0 Å². The lowest BCUT2D eigenvalue weighted by Gasteiger charge is -2.45. The number of aliphatic hydroxyl groups excluding tert-OH is 5. The van der Waals surface area contributed by atoms with E-state index in [1.54, 1.807) is 0 Å². The summed E-state index contributed by atoms with van der Waals surface area (Å²) in [6.07, 6.45) is -10.1. The molecule has 130 valence electrons. The summed E-state index contributed by atoms with van der Waals surface area (Å²) in [5, 5.41) is 49.3.